The highest BCUT2D eigenvalue weighted by molar-refractivity contribution is 7.99. The lowest BCUT2D eigenvalue weighted by Gasteiger charge is -2.20. The molecule has 112 valence electrons. The molecule has 0 aromatic carbocycles. The summed E-state index contributed by atoms with van der Waals surface area (Å²) in [6, 6.07) is 2.15. The highest BCUT2D eigenvalue weighted by Crippen LogP contribution is 2.23. The van der Waals surface area contributed by atoms with Gasteiger partial charge < -0.3 is 5.32 Å². The topological polar surface area (TPSA) is 55.6 Å². The van der Waals surface area contributed by atoms with Gasteiger partial charge >= 0.3 is 0 Å². The molecule has 2 rings (SSSR count). The van der Waals surface area contributed by atoms with Gasteiger partial charge in [-0.1, -0.05) is 19.1 Å². The lowest BCUT2D eigenvalue weighted by atomic mass is 10.2. The molecular formula is C14H19N5S2. The van der Waals surface area contributed by atoms with Crippen LogP contribution in [0.1, 0.15) is 31.1 Å². The predicted molar refractivity (Wildman–Crippen MR) is 92.0 cm³/mol. The monoisotopic (exact) mass is 321 g/mol. The van der Waals surface area contributed by atoms with Gasteiger partial charge in [-0.2, -0.15) is 27.1 Å². The van der Waals surface area contributed by atoms with Crippen LogP contribution in [-0.2, 0) is 0 Å². The molecule has 0 bridgehead atoms. The van der Waals surface area contributed by atoms with Crippen molar-refractivity contribution in [2.45, 2.75) is 32.1 Å². The van der Waals surface area contributed by atoms with Gasteiger partial charge in [0.2, 0.25) is 0 Å². The summed E-state index contributed by atoms with van der Waals surface area (Å²) in [5.74, 6) is 0. The van der Waals surface area contributed by atoms with Crippen LogP contribution in [0.15, 0.2) is 24.7 Å². The number of hydrogen-bond acceptors (Lipinski definition) is 5. The van der Waals surface area contributed by atoms with Gasteiger partial charge in [0.05, 0.1) is 35.9 Å². The normalized spacial score (nSPS) is 13.7. The zero-order chi connectivity index (χ0) is 15.4. The van der Waals surface area contributed by atoms with Crippen molar-refractivity contribution in [3.63, 3.8) is 0 Å². The quantitative estimate of drug-likeness (QED) is 0.854. The van der Waals surface area contributed by atoms with Gasteiger partial charge in [0.25, 0.3) is 0 Å². The molecule has 2 aromatic rings. The summed E-state index contributed by atoms with van der Waals surface area (Å²) in [5, 5.41) is 15.7. The number of anilines is 1. The third-order valence-electron chi connectivity index (χ3n) is 3.57. The van der Waals surface area contributed by atoms with Crippen molar-refractivity contribution in [3.05, 3.63) is 35.9 Å². The van der Waals surface area contributed by atoms with Gasteiger partial charge in [-0.3, -0.25) is 4.68 Å². The van der Waals surface area contributed by atoms with E-state index in [-0.39, 0.29) is 0 Å². The first-order valence-electron chi connectivity index (χ1n) is 6.69. The van der Waals surface area contributed by atoms with E-state index in [0.29, 0.717) is 16.3 Å². The molecule has 0 radical (unpaired) electrons. The summed E-state index contributed by atoms with van der Waals surface area (Å²) >= 11 is 7.30. The highest BCUT2D eigenvalue weighted by atomic mass is 32.2. The van der Waals surface area contributed by atoms with Crippen LogP contribution in [0.4, 0.5) is 5.69 Å². The molecule has 0 spiro atoms. The Balaban J connectivity index is 2.18. The summed E-state index contributed by atoms with van der Waals surface area (Å²) in [7, 11) is 0. The van der Waals surface area contributed by atoms with Crippen LogP contribution in [0, 0.1) is 6.92 Å². The first-order valence-corrected chi connectivity index (χ1v) is 8.39. The SMILES string of the molecule is CSC(C)C(C)n1ncc(C(=S)Nc2ccnnc2)c1C. The number of nitrogens with zero attached hydrogens (tertiary/aromatic N) is 4. The average molecular weight is 321 g/mol. The fourth-order valence-corrected chi connectivity index (χ4v) is 2.84. The number of nitrogens with one attached hydrogen (secondary N) is 1. The molecule has 0 amide bonds. The van der Waals surface area contributed by atoms with Crippen molar-refractivity contribution < 1.29 is 0 Å². The molecule has 2 heterocycles. The Labute approximate surface area is 134 Å². The third kappa shape index (κ3) is 3.59. The second kappa shape index (κ2) is 7.00. The predicted octanol–water partition coefficient (Wildman–Crippen LogP) is 3.08. The van der Waals surface area contributed by atoms with Gasteiger partial charge in [0, 0.05) is 10.9 Å². The van der Waals surface area contributed by atoms with E-state index in [2.05, 4.69) is 40.7 Å². The smallest absolute Gasteiger partial charge is 0.114 e. The van der Waals surface area contributed by atoms with Gasteiger partial charge in [0.1, 0.15) is 4.99 Å². The molecule has 0 aliphatic carbocycles. The summed E-state index contributed by atoms with van der Waals surface area (Å²) in [6.07, 6.45) is 7.21. The van der Waals surface area contributed by atoms with Crippen LogP contribution in [0.5, 0.6) is 0 Å². The summed E-state index contributed by atoms with van der Waals surface area (Å²) < 4.78 is 2.04. The molecule has 0 fully saturated rings. The number of aromatic nitrogens is 4. The van der Waals surface area contributed by atoms with Gasteiger partial charge in [0.15, 0.2) is 0 Å². The Hall–Kier alpha value is -1.47. The maximum atomic E-state index is 5.47. The zero-order valence-electron chi connectivity index (χ0n) is 12.6. The second-order valence-electron chi connectivity index (χ2n) is 4.85. The van der Waals surface area contributed by atoms with Crippen LogP contribution in [0.25, 0.3) is 0 Å². The van der Waals surface area contributed by atoms with Crippen LogP contribution in [0.3, 0.4) is 0 Å². The van der Waals surface area contributed by atoms with E-state index in [1.54, 1.807) is 12.4 Å². The minimum Gasteiger partial charge on any atom is -0.345 e. The fraction of sp³-hybridized carbons (Fsp3) is 0.429. The molecule has 0 saturated heterocycles. The Morgan fingerprint density at radius 3 is 2.71 bits per heavy atom. The van der Waals surface area contributed by atoms with Gasteiger partial charge in [-0.05, 0) is 26.2 Å². The standard InChI is InChI=1S/C14H19N5S2/c1-9(11(3)21-4)19-10(2)13(8-17-19)14(20)18-12-5-6-15-16-7-12/h5-9,11H,1-4H3,(H,15,18,20). The molecule has 2 atom stereocenters. The maximum Gasteiger partial charge on any atom is 0.114 e. The number of thiocarbonyl (C=S) groups is 1. The summed E-state index contributed by atoms with van der Waals surface area (Å²) in [6.45, 7) is 6.42. The van der Waals surface area contributed by atoms with E-state index >= 15 is 0 Å². The molecule has 2 unspecified atom stereocenters. The molecule has 5 nitrogen and oxygen atoms in total. The molecule has 1 N–H and O–H groups in total. The van der Waals surface area contributed by atoms with E-state index in [1.165, 1.54) is 0 Å². The van der Waals surface area contributed by atoms with E-state index in [0.717, 1.165) is 16.9 Å². The van der Waals surface area contributed by atoms with Crippen molar-refractivity contribution in [1.82, 2.24) is 20.0 Å². The number of thioether (sulfide) groups is 1. The first-order chi connectivity index (χ1) is 10.0. The second-order valence-corrected chi connectivity index (χ2v) is 6.48. The molecule has 2 aromatic heterocycles. The lowest BCUT2D eigenvalue weighted by molar-refractivity contribution is 0.477. The Bertz CT molecular complexity index is 611. The first kappa shape index (κ1) is 15.9. The molecule has 0 aliphatic heterocycles. The maximum absolute atomic E-state index is 5.47. The van der Waals surface area contributed by atoms with Crippen molar-refractivity contribution >= 4 is 34.7 Å². The van der Waals surface area contributed by atoms with Crippen LogP contribution < -0.4 is 5.32 Å². The summed E-state index contributed by atoms with van der Waals surface area (Å²) in [5.41, 5.74) is 2.84. The lowest BCUT2D eigenvalue weighted by Crippen LogP contribution is -2.19. The van der Waals surface area contributed by atoms with Crippen LogP contribution in [0.2, 0.25) is 0 Å². The minimum absolute atomic E-state index is 0.319. The zero-order valence-corrected chi connectivity index (χ0v) is 14.2. The van der Waals surface area contributed by atoms with Crippen LogP contribution in [-0.4, -0.2) is 36.5 Å². The molecule has 0 saturated carbocycles. The Morgan fingerprint density at radius 2 is 2.10 bits per heavy atom. The van der Waals surface area contributed by atoms with Crippen molar-refractivity contribution in [2.24, 2.45) is 0 Å². The number of hydrogen-bond donors (Lipinski definition) is 1. The van der Waals surface area contributed by atoms with Gasteiger partial charge in [-0.25, -0.2) is 0 Å². The van der Waals surface area contributed by atoms with E-state index < -0.39 is 0 Å². The van der Waals surface area contributed by atoms with Crippen LogP contribution >= 0.6 is 24.0 Å². The number of rotatable bonds is 5. The van der Waals surface area contributed by atoms with Crippen molar-refractivity contribution in [3.8, 4) is 0 Å². The van der Waals surface area contributed by atoms with Gasteiger partial charge in [-0.15, -0.1) is 0 Å². The van der Waals surface area contributed by atoms with E-state index in [1.807, 2.05) is 35.6 Å². The molecular weight excluding hydrogens is 302 g/mol. The largest absolute Gasteiger partial charge is 0.345 e. The third-order valence-corrected chi connectivity index (χ3v) is 5.03. The molecule has 0 aliphatic rings. The molecule has 21 heavy (non-hydrogen) atoms. The fourth-order valence-electron chi connectivity index (χ4n) is 2.02. The van der Waals surface area contributed by atoms with Crippen molar-refractivity contribution in [1.29, 1.82) is 0 Å². The minimum atomic E-state index is 0.319. The van der Waals surface area contributed by atoms with E-state index in [4.69, 9.17) is 12.2 Å². The summed E-state index contributed by atoms with van der Waals surface area (Å²) in [4.78, 5) is 0.649. The Morgan fingerprint density at radius 1 is 1.33 bits per heavy atom. The average Bonchev–Trinajstić information content (AvgIpc) is 2.88. The van der Waals surface area contributed by atoms with Crippen molar-refractivity contribution in [2.75, 3.05) is 11.6 Å². The highest BCUT2D eigenvalue weighted by Gasteiger charge is 2.19. The Kier molecular flexibility index (Phi) is 5.30. The van der Waals surface area contributed by atoms with E-state index in [9.17, 15) is 0 Å². The molecule has 7 heteroatoms.